The van der Waals surface area contributed by atoms with Crippen molar-refractivity contribution in [2.45, 2.75) is 10.2 Å². The Kier molecular flexibility index (Phi) is 2.88. The van der Waals surface area contributed by atoms with Crippen LogP contribution < -0.4 is 5.73 Å². The number of hydrogen-bond acceptors (Lipinski definition) is 6. The number of fused-ring (bicyclic) bond motifs is 1. The van der Waals surface area contributed by atoms with Crippen LogP contribution in [0.5, 0.6) is 0 Å². The molecule has 0 aliphatic carbocycles. The molecule has 0 aromatic carbocycles. The van der Waals surface area contributed by atoms with E-state index in [9.17, 15) is 0 Å². The van der Waals surface area contributed by atoms with Crippen LogP contribution in [0.25, 0.3) is 5.65 Å². The van der Waals surface area contributed by atoms with Crippen molar-refractivity contribution in [3.8, 4) is 0 Å². The van der Waals surface area contributed by atoms with E-state index in [0.717, 1.165) is 10.8 Å². The number of anilines is 1. The summed E-state index contributed by atoms with van der Waals surface area (Å²) in [5.41, 5.74) is 6.50. The molecular weight excluding hydrogens is 316 g/mol. The van der Waals surface area contributed by atoms with Gasteiger partial charge in [0.15, 0.2) is 5.65 Å². The molecule has 3 rings (SSSR count). The van der Waals surface area contributed by atoms with Gasteiger partial charge >= 0.3 is 0 Å². The highest BCUT2D eigenvalue weighted by Crippen LogP contribution is 2.32. The number of hydrogen-bond donors (Lipinski definition) is 1. The van der Waals surface area contributed by atoms with Crippen molar-refractivity contribution in [3.63, 3.8) is 0 Å². The van der Waals surface area contributed by atoms with Crippen LogP contribution in [-0.4, -0.2) is 24.6 Å². The molecular formula is C10H7BrN6S. The predicted molar refractivity (Wildman–Crippen MR) is 71.3 cm³/mol. The highest BCUT2D eigenvalue weighted by Gasteiger charge is 2.12. The largest absolute Gasteiger partial charge is 0.383 e. The van der Waals surface area contributed by atoms with Crippen molar-refractivity contribution >= 4 is 39.2 Å². The van der Waals surface area contributed by atoms with Gasteiger partial charge in [0, 0.05) is 6.20 Å². The van der Waals surface area contributed by atoms with Crippen LogP contribution in [0.4, 0.5) is 5.82 Å². The van der Waals surface area contributed by atoms with E-state index in [4.69, 9.17) is 5.73 Å². The lowest BCUT2D eigenvalue weighted by molar-refractivity contribution is 0.913. The number of nitrogens with zero attached hydrogens (tertiary/aromatic N) is 5. The van der Waals surface area contributed by atoms with Crippen LogP contribution in [0.2, 0.25) is 0 Å². The van der Waals surface area contributed by atoms with Crippen LogP contribution >= 0.6 is 27.7 Å². The molecule has 0 fully saturated rings. The highest BCUT2D eigenvalue weighted by atomic mass is 79.9. The van der Waals surface area contributed by atoms with Crippen LogP contribution in [0.1, 0.15) is 0 Å². The average Bonchev–Trinajstić information content (AvgIpc) is 2.79. The summed E-state index contributed by atoms with van der Waals surface area (Å²) in [5.74, 6) is 0.404. The van der Waals surface area contributed by atoms with Crippen molar-refractivity contribution in [2.24, 2.45) is 0 Å². The highest BCUT2D eigenvalue weighted by molar-refractivity contribution is 9.10. The van der Waals surface area contributed by atoms with Gasteiger partial charge in [-0.3, -0.25) is 4.40 Å². The second-order valence-electron chi connectivity index (χ2n) is 3.39. The number of pyridine rings is 1. The number of nitrogen functional groups attached to an aromatic ring is 1. The van der Waals surface area contributed by atoms with Gasteiger partial charge in [-0.15, -0.1) is 10.2 Å². The minimum atomic E-state index is 0.404. The van der Waals surface area contributed by atoms with E-state index in [1.165, 1.54) is 18.1 Å². The smallest absolute Gasteiger partial charge is 0.201 e. The molecule has 3 aromatic rings. The van der Waals surface area contributed by atoms with E-state index < -0.39 is 0 Å². The lowest BCUT2D eigenvalue weighted by Gasteiger charge is -2.02. The lowest BCUT2D eigenvalue weighted by atomic mass is 10.5. The third-order valence-corrected chi connectivity index (χ3v) is 4.26. The monoisotopic (exact) mass is 322 g/mol. The van der Waals surface area contributed by atoms with Gasteiger partial charge in [-0.1, -0.05) is 6.07 Å². The zero-order valence-electron chi connectivity index (χ0n) is 8.99. The Hall–Kier alpha value is -1.67. The SMILES string of the molecule is Nc1ncnc(Sc2nnc3ccccn23)c1Br. The molecule has 0 saturated heterocycles. The average molecular weight is 323 g/mol. The molecule has 0 aliphatic rings. The fraction of sp³-hybridized carbons (Fsp3) is 0. The molecule has 0 amide bonds. The molecule has 3 aromatic heterocycles. The number of halogens is 1. The van der Waals surface area contributed by atoms with Crippen LogP contribution in [0, 0.1) is 0 Å². The summed E-state index contributed by atoms with van der Waals surface area (Å²) in [6, 6.07) is 5.72. The fourth-order valence-electron chi connectivity index (χ4n) is 1.41. The molecule has 0 aliphatic heterocycles. The Morgan fingerprint density at radius 2 is 2.11 bits per heavy atom. The molecule has 0 unspecified atom stereocenters. The maximum atomic E-state index is 5.71. The summed E-state index contributed by atoms with van der Waals surface area (Å²) in [6.07, 6.45) is 3.32. The Morgan fingerprint density at radius 3 is 3.00 bits per heavy atom. The second kappa shape index (κ2) is 4.54. The van der Waals surface area contributed by atoms with Gasteiger partial charge in [-0.2, -0.15) is 0 Å². The van der Waals surface area contributed by atoms with Crippen LogP contribution in [0.3, 0.4) is 0 Å². The molecule has 0 radical (unpaired) electrons. The van der Waals surface area contributed by atoms with Gasteiger partial charge in [0.25, 0.3) is 0 Å². The minimum absolute atomic E-state index is 0.404. The molecule has 0 atom stereocenters. The van der Waals surface area contributed by atoms with Crippen molar-refractivity contribution in [3.05, 3.63) is 35.2 Å². The van der Waals surface area contributed by atoms with Crippen molar-refractivity contribution in [1.29, 1.82) is 0 Å². The van der Waals surface area contributed by atoms with Crippen LogP contribution in [-0.2, 0) is 0 Å². The number of rotatable bonds is 2. The lowest BCUT2D eigenvalue weighted by Crippen LogP contribution is -1.95. The predicted octanol–water partition coefficient (Wildman–Crippen LogP) is 2.02. The van der Waals surface area contributed by atoms with Gasteiger partial charge in [0.1, 0.15) is 17.2 Å². The summed E-state index contributed by atoms with van der Waals surface area (Å²) in [5, 5.41) is 9.62. The zero-order chi connectivity index (χ0) is 12.5. The maximum absolute atomic E-state index is 5.71. The summed E-state index contributed by atoms with van der Waals surface area (Å²) >= 11 is 4.74. The molecule has 0 bridgehead atoms. The molecule has 8 heteroatoms. The minimum Gasteiger partial charge on any atom is -0.383 e. The fourth-order valence-corrected chi connectivity index (χ4v) is 2.66. The molecule has 0 spiro atoms. The molecule has 90 valence electrons. The molecule has 18 heavy (non-hydrogen) atoms. The third kappa shape index (κ3) is 1.93. The quantitative estimate of drug-likeness (QED) is 0.727. The van der Waals surface area contributed by atoms with E-state index in [1.54, 1.807) is 0 Å². The second-order valence-corrected chi connectivity index (χ2v) is 5.14. The first kappa shape index (κ1) is 11.4. The Bertz CT molecular complexity index is 712. The summed E-state index contributed by atoms with van der Waals surface area (Å²) in [7, 11) is 0. The maximum Gasteiger partial charge on any atom is 0.201 e. The van der Waals surface area contributed by atoms with E-state index in [1.807, 2.05) is 28.8 Å². The molecule has 0 saturated carbocycles. The zero-order valence-corrected chi connectivity index (χ0v) is 11.4. The Balaban J connectivity index is 2.04. The van der Waals surface area contributed by atoms with E-state index in [0.29, 0.717) is 15.3 Å². The van der Waals surface area contributed by atoms with Crippen LogP contribution in [0.15, 0.2) is 45.4 Å². The molecule has 6 nitrogen and oxygen atoms in total. The Labute approximate surface area is 115 Å². The third-order valence-electron chi connectivity index (χ3n) is 2.25. The van der Waals surface area contributed by atoms with E-state index in [-0.39, 0.29) is 0 Å². The number of nitrogens with two attached hydrogens (primary N) is 1. The van der Waals surface area contributed by atoms with Crippen molar-refractivity contribution < 1.29 is 0 Å². The summed E-state index contributed by atoms with van der Waals surface area (Å²) in [4.78, 5) is 8.06. The molecule has 3 heterocycles. The van der Waals surface area contributed by atoms with Gasteiger partial charge in [-0.25, -0.2) is 9.97 Å². The summed E-state index contributed by atoms with van der Waals surface area (Å²) < 4.78 is 2.55. The van der Waals surface area contributed by atoms with E-state index >= 15 is 0 Å². The standard InChI is InChI=1S/C10H7BrN6S/c11-7-8(12)13-5-14-9(7)18-10-16-15-6-3-1-2-4-17(6)10/h1-5H,(H2,12,13,14). The first-order valence-corrected chi connectivity index (χ1v) is 6.60. The summed E-state index contributed by atoms with van der Waals surface area (Å²) in [6.45, 7) is 0. The van der Waals surface area contributed by atoms with Crippen molar-refractivity contribution in [1.82, 2.24) is 24.6 Å². The van der Waals surface area contributed by atoms with Gasteiger partial charge in [0.2, 0.25) is 5.16 Å². The van der Waals surface area contributed by atoms with Gasteiger partial charge in [-0.05, 0) is 39.8 Å². The van der Waals surface area contributed by atoms with Gasteiger partial charge in [0.05, 0.1) is 4.47 Å². The first-order valence-electron chi connectivity index (χ1n) is 4.99. The van der Waals surface area contributed by atoms with Gasteiger partial charge < -0.3 is 5.73 Å². The van der Waals surface area contributed by atoms with E-state index in [2.05, 4.69) is 36.1 Å². The molecule has 2 N–H and O–H groups in total. The number of aromatic nitrogens is 5. The Morgan fingerprint density at radius 1 is 1.22 bits per heavy atom. The first-order chi connectivity index (χ1) is 8.75. The van der Waals surface area contributed by atoms with Crippen molar-refractivity contribution in [2.75, 3.05) is 5.73 Å². The normalized spacial score (nSPS) is 10.9. The topological polar surface area (TPSA) is 82.0 Å².